The van der Waals surface area contributed by atoms with E-state index in [9.17, 15) is 4.79 Å². The van der Waals surface area contributed by atoms with Crippen LogP contribution in [0.25, 0.3) is 10.6 Å². The summed E-state index contributed by atoms with van der Waals surface area (Å²) in [6, 6.07) is 16.1. The van der Waals surface area contributed by atoms with Gasteiger partial charge in [0.05, 0.1) is 12.2 Å². The Bertz CT molecular complexity index is 854. The summed E-state index contributed by atoms with van der Waals surface area (Å²) in [6.45, 7) is 4.57. The average Bonchev–Trinajstić information content (AvgIpc) is 3.14. The zero-order chi connectivity index (χ0) is 18.4. The highest BCUT2D eigenvalue weighted by molar-refractivity contribution is 7.13. The van der Waals surface area contributed by atoms with Gasteiger partial charge in [0.15, 0.2) is 6.61 Å². The Morgan fingerprint density at radius 1 is 1.12 bits per heavy atom. The van der Waals surface area contributed by atoms with E-state index in [1.807, 2.05) is 29.6 Å². The molecule has 0 aliphatic rings. The molecule has 134 valence electrons. The Kier molecular flexibility index (Phi) is 6.02. The molecular weight excluding hydrogens is 344 g/mol. The maximum absolute atomic E-state index is 12.0. The summed E-state index contributed by atoms with van der Waals surface area (Å²) in [5, 5.41) is 5.78. The van der Waals surface area contributed by atoms with Gasteiger partial charge in [-0.05, 0) is 31.0 Å². The summed E-state index contributed by atoms with van der Waals surface area (Å²) in [5.41, 5.74) is 4.42. The van der Waals surface area contributed by atoms with Gasteiger partial charge in [0.1, 0.15) is 10.8 Å². The Balaban J connectivity index is 1.47. The number of benzene rings is 2. The first-order valence-electron chi connectivity index (χ1n) is 8.64. The fourth-order valence-electron chi connectivity index (χ4n) is 2.43. The third-order valence-electron chi connectivity index (χ3n) is 4.02. The van der Waals surface area contributed by atoms with Crippen LogP contribution in [0.2, 0.25) is 0 Å². The number of rotatable bonds is 7. The van der Waals surface area contributed by atoms with Crippen LogP contribution >= 0.6 is 11.3 Å². The highest BCUT2D eigenvalue weighted by atomic mass is 32.1. The third-order valence-corrected chi connectivity index (χ3v) is 4.96. The molecule has 0 saturated carbocycles. The molecule has 0 radical (unpaired) electrons. The number of hydrogen-bond acceptors (Lipinski definition) is 4. The van der Waals surface area contributed by atoms with Crippen molar-refractivity contribution in [3.05, 3.63) is 70.7 Å². The van der Waals surface area contributed by atoms with Crippen LogP contribution in [-0.4, -0.2) is 17.5 Å². The van der Waals surface area contributed by atoms with Crippen LogP contribution in [0.4, 0.5) is 0 Å². The fraction of sp³-hybridized carbons (Fsp3) is 0.238. The van der Waals surface area contributed by atoms with Crippen LogP contribution in [0, 0.1) is 6.92 Å². The van der Waals surface area contributed by atoms with Crippen molar-refractivity contribution in [1.82, 2.24) is 10.3 Å². The summed E-state index contributed by atoms with van der Waals surface area (Å²) < 4.78 is 5.51. The number of thiazole rings is 1. The average molecular weight is 366 g/mol. The van der Waals surface area contributed by atoms with Crippen LogP contribution in [0.1, 0.15) is 23.7 Å². The van der Waals surface area contributed by atoms with Crippen molar-refractivity contribution >= 4 is 17.2 Å². The van der Waals surface area contributed by atoms with Crippen LogP contribution in [0.5, 0.6) is 5.75 Å². The lowest BCUT2D eigenvalue weighted by molar-refractivity contribution is -0.123. The topological polar surface area (TPSA) is 51.2 Å². The second kappa shape index (κ2) is 8.63. The highest BCUT2D eigenvalue weighted by Crippen LogP contribution is 2.23. The van der Waals surface area contributed by atoms with Gasteiger partial charge in [-0.1, -0.05) is 48.9 Å². The molecule has 0 spiro atoms. The largest absolute Gasteiger partial charge is 0.484 e. The highest BCUT2D eigenvalue weighted by Gasteiger charge is 2.07. The van der Waals surface area contributed by atoms with Crippen molar-refractivity contribution in [3.63, 3.8) is 0 Å². The molecule has 26 heavy (non-hydrogen) atoms. The molecule has 3 rings (SSSR count). The summed E-state index contributed by atoms with van der Waals surface area (Å²) >= 11 is 1.58. The van der Waals surface area contributed by atoms with Crippen molar-refractivity contribution in [3.8, 4) is 16.3 Å². The summed E-state index contributed by atoms with van der Waals surface area (Å²) in [6.07, 6.45) is 0.985. The molecule has 1 aromatic heterocycles. The predicted molar refractivity (Wildman–Crippen MR) is 105 cm³/mol. The van der Waals surface area contributed by atoms with E-state index in [0.29, 0.717) is 12.3 Å². The predicted octanol–water partition coefficient (Wildman–Crippen LogP) is 4.38. The maximum Gasteiger partial charge on any atom is 0.258 e. The van der Waals surface area contributed by atoms with Gasteiger partial charge in [0.2, 0.25) is 0 Å². The molecule has 5 heteroatoms. The standard InChI is InChI=1S/C21H22N2O2S/c1-3-16-6-10-19(11-7-16)25-13-20(24)22-12-18-14-26-21(23-18)17-8-4-15(2)5-9-17/h4-11,14H,3,12-13H2,1-2H3,(H,22,24). The quantitative estimate of drug-likeness (QED) is 0.675. The van der Waals surface area contributed by atoms with Crippen LogP contribution in [-0.2, 0) is 17.8 Å². The number of ether oxygens (including phenoxy) is 1. The van der Waals surface area contributed by atoms with E-state index in [-0.39, 0.29) is 12.5 Å². The van der Waals surface area contributed by atoms with Gasteiger partial charge >= 0.3 is 0 Å². The molecule has 1 amide bonds. The zero-order valence-electron chi connectivity index (χ0n) is 15.0. The summed E-state index contributed by atoms with van der Waals surface area (Å²) in [7, 11) is 0. The lowest BCUT2D eigenvalue weighted by Gasteiger charge is -2.07. The van der Waals surface area contributed by atoms with Gasteiger partial charge in [-0.3, -0.25) is 4.79 Å². The zero-order valence-corrected chi connectivity index (χ0v) is 15.8. The van der Waals surface area contributed by atoms with E-state index in [4.69, 9.17) is 4.74 Å². The first kappa shape index (κ1) is 18.1. The van der Waals surface area contributed by atoms with E-state index in [0.717, 1.165) is 22.7 Å². The van der Waals surface area contributed by atoms with E-state index in [1.165, 1.54) is 11.1 Å². The van der Waals surface area contributed by atoms with Crippen LogP contribution in [0.3, 0.4) is 0 Å². The van der Waals surface area contributed by atoms with Crippen molar-refractivity contribution in [2.24, 2.45) is 0 Å². The smallest absolute Gasteiger partial charge is 0.258 e. The van der Waals surface area contributed by atoms with Gasteiger partial charge in [0, 0.05) is 10.9 Å². The number of aryl methyl sites for hydroxylation is 2. The van der Waals surface area contributed by atoms with Crippen molar-refractivity contribution in [2.75, 3.05) is 6.61 Å². The minimum Gasteiger partial charge on any atom is -0.484 e. The molecule has 1 heterocycles. The fourth-order valence-corrected chi connectivity index (χ4v) is 3.25. The van der Waals surface area contributed by atoms with Crippen LogP contribution < -0.4 is 10.1 Å². The number of aromatic nitrogens is 1. The molecule has 0 saturated heterocycles. The number of carbonyl (C=O) groups is 1. The Hall–Kier alpha value is -2.66. The van der Waals surface area contributed by atoms with Crippen molar-refractivity contribution < 1.29 is 9.53 Å². The lowest BCUT2D eigenvalue weighted by Crippen LogP contribution is -2.28. The number of carbonyl (C=O) groups excluding carboxylic acids is 1. The van der Waals surface area contributed by atoms with Gasteiger partial charge in [-0.15, -0.1) is 11.3 Å². The molecule has 0 bridgehead atoms. The number of nitrogens with one attached hydrogen (secondary N) is 1. The van der Waals surface area contributed by atoms with E-state index < -0.39 is 0 Å². The molecular formula is C21H22N2O2S. The van der Waals surface area contributed by atoms with Crippen molar-refractivity contribution in [1.29, 1.82) is 0 Å². The van der Waals surface area contributed by atoms with Crippen LogP contribution in [0.15, 0.2) is 53.9 Å². The Labute approximate surface area is 157 Å². The maximum atomic E-state index is 12.0. The monoisotopic (exact) mass is 366 g/mol. The van der Waals surface area contributed by atoms with Gasteiger partial charge < -0.3 is 10.1 Å². The summed E-state index contributed by atoms with van der Waals surface area (Å²) in [4.78, 5) is 16.5. The molecule has 1 N–H and O–H groups in total. The molecule has 2 aromatic carbocycles. The first-order valence-corrected chi connectivity index (χ1v) is 9.52. The normalized spacial score (nSPS) is 10.5. The second-order valence-corrected chi connectivity index (χ2v) is 6.93. The molecule has 4 nitrogen and oxygen atoms in total. The molecule has 0 fully saturated rings. The molecule has 0 aliphatic heterocycles. The van der Waals surface area contributed by atoms with Gasteiger partial charge in [0.25, 0.3) is 5.91 Å². The number of amides is 1. The molecule has 3 aromatic rings. The van der Waals surface area contributed by atoms with E-state index in [2.05, 4.69) is 48.4 Å². The van der Waals surface area contributed by atoms with E-state index >= 15 is 0 Å². The van der Waals surface area contributed by atoms with Crippen molar-refractivity contribution in [2.45, 2.75) is 26.8 Å². The Morgan fingerprint density at radius 2 is 1.85 bits per heavy atom. The number of nitrogens with zero attached hydrogens (tertiary/aromatic N) is 1. The first-order chi connectivity index (χ1) is 12.6. The third kappa shape index (κ3) is 4.92. The summed E-state index contributed by atoms with van der Waals surface area (Å²) in [5.74, 6) is 0.544. The molecule has 0 unspecified atom stereocenters. The lowest BCUT2D eigenvalue weighted by atomic mass is 10.2. The number of hydrogen-bond donors (Lipinski definition) is 1. The molecule has 0 atom stereocenters. The van der Waals surface area contributed by atoms with Gasteiger partial charge in [-0.2, -0.15) is 0 Å². The minimum atomic E-state index is -0.158. The second-order valence-electron chi connectivity index (χ2n) is 6.07. The van der Waals surface area contributed by atoms with Gasteiger partial charge in [-0.25, -0.2) is 4.98 Å². The van der Waals surface area contributed by atoms with E-state index in [1.54, 1.807) is 11.3 Å². The minimum absolute atomic E-state index is 0.000425. The SMILES string of the molecule is CCc1ccc(OCC(=O)NCc2csc(-c3ccc(C)cc3)n2)cc1. The molecule has 0 aliphatic carbocycles. The Morgan fingerprint density at radius 3 is 2.54 bits per heavy atom.